The summed E-state index contributed by atoms with van der Waals surface area (Å²) in [6.07, 6.45) is 6.95. The summed E-state index contributed by atoms with van der Waals surface area (Å²) >= 11 is -0.0516. The molecule has 0 aromatic carbocycles. The summed E-state index contributed by atoms with van der Waals surface area (Å²) in [4.78, 5) is 25.9. The Morgan fingerprint density at radius 1 is 1.06 bits per heavy atom. The van der Waals surface area contributed by atoms with Crippen LogP contribution in [0.25, 0.3) is 0 Å². The Morgan fingerprint density at radius 2 is 1.71 bits per heavy atom. The molecule has 7 unspecified atom stereocenters. The summed E-state index contributed by atoms with van der Waals surface area (Å²) < 4.78 is 14.4. The average molecular weight is 494 g/mol. The number of hydrogen-bond acceptors (Lipinski definition) is 5. The molecule has 190 valence electrons. The minimum Gasteiger partial charge on any atom is -0.548 e. The maximum Gasteiger partial charge on any atom is 0.588 e. The molecule has 7 nitrogen and oxygen atoms in total. The smallest absolute Gasteiger partial charge is 0.548 e. The van der Waals surface area contributed by atoms with Gasteiger partial charge in [0.15, 0.2) is 0 Å². The second-order valence-electron chi connectivity index (χ2n) is 12.2. The van der Waals surface area contributed by atoms with E-state index in [4.69, 9.17) is 0 Å². The second kappa shape index (κ2) is 8.63. The molecule has 0 aliphatic heterocycles. The zero-order valence-electron chi connectivity index (χ0n) is 20.6. The lowest BCUT2D eigenvalue weighted by Crippen LogP contribution is -2.73. The van der Waals surface area contributed by atoms with E-state index in [1.54, 1.807) is 6.92 Å². The van der Waals surface area contributed by atoms with Crippen LogP contribution in [-0.2, 0) is 25.7 Å². The summed E-state index contributed by atoms with van der Waals surface area (Å²) in [5, 5.41) is 34.9. The van der Waals surface area contributed by atoms with Crippen molar-refractivity contribution in [2.75, 3.05) is 0 Å². The highest BCUT2D eigenvalue weighted by Gasteiger charge is 2.73. The molecule has 0 saturated heterocycles. The number of carboxylic acid groups (broad SMARTS) is 2. The number of rotatable bonds is 7. The van der Waals surface area contributed by atoms with Crippen LogP contribution in [0.5, 0.6) is 0 Å². The van der Waals surface area contributed by atoms with Crippen molar-refractivity contribution in [2.45, 2.75) is 96.6 Å². The van der Waals surface area contributed by atoms with Crippen LogP contribution in [-0.4, -0.2) is 33.8 Å². The fourth-order valence-electron chi connectivity index (χ4n) is 9.17. The Balaban J connectivity index is 1.93. The van der Waals surface area contributed by atoms with Gasteiger partial charge in [-0.2, -0.15) is 0 Å². The van der Waals surface area contributed by atoms with Crippen molar-refractivity contribution >= 4 is 23.8 Å². The summed E-state index contributed by atoms with van der Waals surface area (Å²) in [6.45, 7) is 10.3. The lowest BCUT2D eigenvalue weighted by Gasteiger charge is -2.61. The number of aliphatic carboxylic acids is 2. The van der Waals surface area contributed by atoms with Gasteiger partial charge in [-0.1, -0.05) is 65.0 Å². The van der Waals surface area contributed by atoms with E-state index < -0.39 is 40.3 Å². The van der Waals surface area contributed by atoms with Gasteiger partial charge in [0.25, 0.3) is 0 Å². The van der Waals surface area contributed by atoms with Gasteiger partial charge in [0.1, 0.15) is 5.54 Å². The van der Waals surface area contributed by atoms with E-state index in [9.17, 15) is 29.1 Å². The quantitative estimate of drug-likeness (QED) is 0.284. The molecule has 0 radical (unpaired) electrons. The third kappa shape index (κ3) is 3.13. The number of aliphatic hydroxyl groups excluding tert-OH is 1. The van der Waals surface area contributed by atoms with E-state index in [-0.39, 0.29) is 41.4 Å². The predicted octanol–water partition coefficient (Wildman–Crippen LogP) is 2.85. The standard InChI is InChI=1S/C26H39NO6S/c1-15(25-12-10-17(14-19(25)28)23(25,2)3)24(4)20(21(29)30)18(16-8-6-5-7-9-16)11-13-26(24,22(31)32)27-34-33/h16-20,28H,1,5-14H2,2-4H3,(H2-,27,29,30,31,32,33). The molecule has 0 spiro atoms. The number of fused-ring (bicyclic) bond motifs is 2. The molecule has 0 amide bonds. The molecule has 2 bridgehead atoms. The van der Waals surface area contributed by atoms with Crippen LogP contribution in [0.2, 0.25) is 0 Å². The Bertz CT molecular complexity index is 885. The molecule has 4 fully saturated rings. The average Bonchev–Trinajstić information content (AvgIpc) is 3.15. The van der Waals surface area contributed by atoms with E-state index in [1.807, 2.05) is 0 Å². The van der Waals surface area contributed by atoms with E-state index in [0.29, 0.717) is 24.8 Å². The van der Waals surface area contributed by atoms with Gasteiger partial charge in [-0.3, -0.25) is 4.79 Å². The Kier molecular flexibility index (Phi) is 6.52. The highest BCUT2D eigenvalue weighted by molar-refractivity contribution is 7.63. The van der Waals surface area contributed by atoms with Crippen molar-refractivity contribution < 1.29 is 29.1 Å². The highest BCUT2D eigenvalue weighted by Crippen LogP contribution is 2.73. The minimum atomic E-state index is -1.89. The first-order chi connectivity index (χ1) is 15.9. The van der Waals surface area contributed by atoms with Crippen molar-refractivity contribution in [1.29, 1.82) is 0 Å². The molecule has 34 heavy (non-hydrogen) atoms. The maximum atomic E-state index is 13.1. The molecule has 4 aliphatic rings. The van der Waals surface area contributed by atoms with Gasteiger partial charge in [0.05, 0.1) is 22.2 Å². The minimum absolute atomic E-state index is 0.0516. The molecule has 7 atom stereocenters. The topological polar surface area (TPSA) is 127 Å². The molecule has 0 heterocycles. The van der Waals surface area contributed by atoms with Gasteiger partial charge >= 0.3 is 17.8 Å². The third-order valence-corrected chi connectivity index (χ3v) is 11.6. The molecule has 3 N–H and O–H groups in total. The molecular formula is C26H39NO6S. The van der Waals surface area contributed by atoms with Gasteiger partial charge in [0, 0.05) is 10.8 Å². The Morgan fingerprint density at radius 3 is 2.18 bits per heavy atom. The second-order valence-corrected chi connectivity index (χ2v) is 12.5. The van der Waals surface area contributed by atoms with Crippen molar-refractivity contribution in [3.05, 3.63) is 12.2 Å². The molecule has 4 aliphatic carbocycles. The third-order valence-electron chi connectivity index (χ3n) is 11.2. The van der Waals surface area contributed by atoms with Crippen LogP contribution in [0.3, 0.4) is 0 Å². The largest absolute Gasteiger partial charge is 0.588 e. The van der Waals surface area contributed by atoms with Gasteiger partial charge in [-0.15, -0.1) is 0 Å². The number of nitrogens with one attached hydrogen (secondary N) is 1. The van der Waals surface area contributed by atoms with Crippen LogP contribution in [0, 0.1) is 39.9 Å². The number of hydrogen-bond donors (Lipinski definition) is 3. The van der Waals surface area contributed by atoms with Gasteiger partial charge in [-0.05, 0) is 60.0 Å². The molecule has 4 saturated carbocycles. The van der Waals surface area contributed by atoms with Crippen molar-refractivity contribution in [1.82, 2.24) is 4.72 Å². The van der Waals surface area contributed by atoms with Crippen LogP contribution in [0.15, 0.2) is 12.2 Å². The zero-order chi connectivity index (χ0) is 25.1. The molecular weight excluding hydrogens is 454 g/mol. The molecule has 0 aromatic heterocycles. The van der Waals surface area contributed by atoms with Crippen molar-refractivity contribution in [3.63, 3.8) is 0 Å². The first-order valence-corrected chi connectivity index (χ1v) is 13.5. The number of carbonyl (C=O) groups excluding carboxylic acids is 1. The molecule has 0 aromatic rings. The highest BCUT2D eigenvalue weighted by atomic mass is 32.2. The number of aliphatic hydroxyl groups is 1. The summed E-state index contributed by atoms with van der Waals surface area (Å²) in [7, 11) is 0. The number of carbonyl (C=O) groups is 2. The lowest BCUT2D eigenvalue weighted by molar-refractivity contribution is -0.321. The molecule has 4 rings (SSSR count). The summed E-state index contributed by atoms with van der Waals surface area (Å²) in [5.41, 5.74) is -4.13. The van der Waals surface area contributed by atoms with E-state index in [0.717, 1.165) is 38.5 Å². The predicted molar refractivity (Wildman–Crippen MR) is 126 cm³/mol. The zero-order valence-corrected chi connectivity index (χ0v) is 21.4. The monoisotopic (exact) mass is 493 g/mol. The molecule has 8 heteroatoms. The summed E-state index contributed by atoms with van der Waals surface area (Å²) in [6, 6.07) is 0. The maximum absolute atomic E-state index is 13.1. The van der Waals surface area contributed by atoms with Crippen LogP contribution in [0.4, 0.5) is 0 Å². The number of carboxylic acids is 2. The van der Waals surface area contributed by atoms with Gasteiger partial charge < -0.3 is 20.1 Å². The van der Waals surface area contributed by atoms with Gasteiger partial charge in [0.2, 0.25) is 0 Å². The van der Waals surface area contributed by atoms with E-state index in [1.165, 1.54) is 0 Å². The summed E-state index contributed by atoms with van der Waals surface area (Å²) in [5.74, 6) is -3.35. The fourth-order valence-corrected chi connectivity index (χ4v) is 9.70. The normalized spacial score (nSPS) is 44.0. The van der Waals surface area contributed by atoms with Gasteiger partial charge in [-0.25, -0.2) is 0 Å². The fraction of sp³-hybridized carbons (Fsp3) is 0.846. The van der Waals surface area contributed by atoms with Crippen LogP contribution < -0.4 is 9.83 Å². The SMILES string of the molecule is C=C(C1(C)C(C(=O)O)C(C2CCCCC2)CCC1(N[S+]=O)C(=O)[O-])C12CCC(CC1O)C2(C)C. The Labute approximate surface area is 206 Å². The van der Waals surface area contributed by atoms with E-state index in [2.05, 4.69) is 25.1 Å². The Hall–Kier alpha value is -1.38. The lowest BCUT2D eigenvalue weighted by atomic mass is 9.44. The first-order valence-electron chi connectivity index (χ1n) is 12.8. The van der Waals surface area contributed by atoms with Crippen LogP contribution in [0.1, 0.15) is 85.0 Å². The first kappa shape index (κ1) is 25.7. The van der Waals surface area contributed by atoms with Crippen molar-refractivity contribution in [3.8, 4) is 0 Å². The van der Waals surface area contributed by atoms with E-state index >= 15 is 0 Å². The van der Waals surface area contributed by atoms with Crippen molar-refractivity contribution in [2.24, 2.45) is 39.9 Å². The van der Waals surface area contributed by atoms with Crippen LogP contribution >= 0.6 is 0 Å².